The summed E-state index contributed by atoms with van der Waals surface area (Å²) >= 11 is 1.36. The fourth-order valence-electron chi connectivity index (χ4n) is 3.94. The molecule has 3 heterocycles. The summed E-state index contributed by atoms with van der Waals surface area (Å²) in [6.07, 6.45) is 3.94. The summed E-state index contributed by atoms with van der Waals surface area (Å²) in [5, 5.41) is 12.5. The van der Waals surface area contributed by atoms with Gasteiger partial charge in [0.25, 0.3) is 0 Å². The number of nitrogens with one attached hydrogen (secondary N) is 1. The smallest absolute Gasteiger partial charge is 0.234 e. The number of furan rings is 1. The Labute approximate surface area is 208 Å². The maximum atomic E-state index is 12.9. The van der Waals surface area contributed by atoms with Crippen LogP contribution in [0.1, 0.15) is 24.2 Å². The molecule has 1 saturated heterocycles. The Bertz CT molecular complexity index is 1260. The number of carbonyl (C=O) groups is 1. The molecule has 5 rings (SSSR count). The van der Waals surface area contributed by atoms with E-state index in [1.54, 1.807) is 6.26 Å². The van der Waals surface area contributed by atoms with Crippen LogP contribution in [0.25, 0.3) is 0 Å². The molecule has 35 heavy (non-hydrogen) atoms. The SMILES string of the molecule is Cc1ccc(Oc2ccccc2NC(=O)CSc2nnc(N3CCCC3)n2Cc2ccco2)cc1. The van der Waals surface area contributed by atoms with Crippen LogP contribution in [0.4, 0.5) is 11.6 Å². The summed E-state index contributed by atoms with van der Waals surface area (Å²) in [6.45, 7) is 4.46. The zero-order valence-electron chi connectivity index (χ0n) is 19.5. The Morgan fingerprint density at radius 3 is 2.63 bits per heavy atom. The molecule has 1 aliphatic rings. The predicted octanol–water partition coefficient (Wildman–Crippen LogP) is 5.35. The molecule has 1 fully saturated rings. The van der Waals surface area contributed by atoms with Gasteiger partial charge in [-0.05, 0) is 56.2 Å². The zero-order valence-corrected chi connectivity index (χ0v) is 20.3. The van der Waals surface area contributed by atoms with E-state index in [0.29, 0.717) is 28.9 Å². The second-order valence-corrected chi connectivity index (χ2v) is 9.33. The number of aryl methyl sites for hydroxylation is 1. The van der Waals surface area contributed by atoms with Gasteiger partial charge < -0.3 is 19.4 Å². The van der Waals surface area contributed by atoms with Crippen LogP contribution in [-0.4, -0.2) is 39.5 Å². The molecule has 0 radical (unpaired) electrons. The van der Waals surface area contributed by atoms with Crippen LogP contribution < -0.4 is 15.0 Å². The number of ether oxygens (including phenoxy) is 1. The lowest BCUT2D eigenvalue weighted by atomic mass is 10.2. The minimum atomic E-state index is -0.148. The van der Waals surface area contributed by atoms with E-state index in [2.05, 4.69) is 20.4 Å². The van der Waals surface area contributed by atoms with Crippen LogP contribution in [0.5, 0.6) is 11.5 Å². The number of hydrogen-bond acceptors (Lipinski definition) is 7. The lowest BCUT2D eigenvalue weighted by Crippen LogP contribution is -2.23. The van der Waals surface area contributed by atoms with Gasteiger partial charge in [-0.3, -0.25) is 9.36 Å². The van der Waals surface area contributed by atoms with E-state index in [9.17, 15) is 4.79 Å². The third-order valence-corrected chi connectivity index (χ3v) is 6.69. The number of anilines is 2. The van der Waals surface area contributed by atoms with Crippen molar-refractivity contribution in [3.05, 3.63) is 78.3 Å². The summed E-state index contributed by atoms with van der Waals surface area (Å²) < 4.78 is 13.6. The third kappa shape index (κ3) is 5.68. The van der Waals surface area contributed by atoms with Crippen molar-refractivity contribution in [3.63, 3.8) is 0 Å². The molecule has 0 bridgehead atoms. The van der Waals surface area contributed by atoms with Gasteiger partial charge in [0.2, 0.25) is 11.9 Å². The molecule has 180 valence electrons. The van der Waals surface area contributed by atoms with Gasteiger partial charge in [0.05, 0.1) is 24.2 Å². The fraction of sp³-hybridized carbons (Fsp3) is 0.269. The van der Waals surface area contributed by atoms with E-state index in [4.69, 9.17) is 9.15 Å². The van der Waals surface area contributed by atoms with E-state index in [1.807, 2.05) is 72.2 Å². The summed E-state index contributed by atoms with van der Waals surface area (Å²) in [6, 6.07) is 19.0. The maximum absolute atomic E-state index is 12.9. The van der Waals surface area contributed by atoms with Crippen LogP contribution in [0.15, 0.2) is 76.5 Å². The van der Waals surface area contributed by atoms with Crippen molar-refractivity contribution in [1.29, 1.82) is 0 Å². The lowest BCUT2D eigenvalue weighted by Gasteiger charge is -2.17. The number of hydrogen-bond donors (Lipinski definition) is 1. The van der Waals surface area contributed by atoms with Gasteiger partial charge >= 0.3 is 0 Å². The van der Waals surface area contributed by atoms with E-state index in [0.717, 1.165) is 43.2 Å². The molecule has 2 aromatic carbocycles. The Balaban J connectivity index is 1.26. The van der Waals surface area contributed by atoms with Crippen molar-refractivity contribution in [2.24, 2.45) is 0 Å². The highest BCUT2D eigenvalue weighted by molar-refractivity contribution is 7.99. The molecule has 0 aliphatic carbocycles. The van der Waals surface area contributed by atoms with Crippen LogP contribution in [0.2, 0.25) is 0 Å². The molecule has 0 unspecified atom stereocenters. The Morgan fingerprint density at radius 2 is 1.86 bits per heavy atom. The average Bonchev–Trinajstić information content (AvgIpc) is 3.63. The van der Waals surface area contributed by atoms with Crippen molar-refractivity contribution in [1.82, 2.24) is 14.8 Å². The molecule has 8 nitrogen and oxygen atoms in total. The summed E-state index contributed by atoms with van der Waals surface area (Å²) in [4.78, 5) is 15.1. The molecular weight excluding hydrogens is 462 g/mol. The number of carbonyl (C=O) groups excluding carboxylic acids is 1. The van der Waals surface area contributed by atoms with Crippen molar-refractivity contribution in [3.8, 4) is 11.5 Å². The number of thioether (sulfide) groups is 1. The normalized spacial score (nSPS) is 13.2. The van der Waals surface area contributed by atoms with Gasteiger partial charge in [-0.25, -0.2) is 0 Å². The molecule has 4 aromatic rings. The second-order valence-electron chi connectivity index (χ2n) is 8.39. The van der Waals surface area contributed by atoms with Crippen LogP contribution in [-0.2, 0) is 11.3 Å². The van der Waals surface area contributed by atoms with Crippen LogP contribution in [0.3, 0.4) is 0 Å². The van der Waals surface area contributed by atoms with Crippen LogP contribution in [0, 0.1) is 6.92 Å². The van der Waals surface area contributed by atoms with Gasteiger partial charge in [0.15, 0.2) is 10.9 Å². The van der Waals surface area contributed by atoms with Crippen molar-refractivity contribution in [2.75, 3.05) is 29.1 Å². The van der Waals surface area contributed by atoms with Gasteiger partial charge in [-0.2, -0.15) is 0 Å². The van der Waals surface area contributed by atoms with Gasteiger partial charge in [0, 0.05) is 13.1 Å². The number of rotatable bonds is 9. The van der Waals surface area contributed by atoms with Crippen molar-refractivity contribution in [2.45, 2.75) is 31.5 Å². The van der Waals surface area contributed by atoms with Crippen molar-refractivity contribution >= 4 is 29.3 Å². The van der Waals surface area contributed by atoms with E-state index >= 15 is 0 Å². The van der Waals surface area contributed by atoms with E-state index in [1.165, 1.54) is 11.8 Å². The Kier molecular flexibility index (Phi) is 7.04. The molecule has 2 aromatic heterocycles. The molecule has 0 saturated carbocycles. The number of benzene rings is 2. The van der Waals surface area contributed by atoms with Crippen molar-refractivity contribution < 1.29 is 13.9 Å². The maximum Gasteiger partial charge on any atom is 0.234 e. The summed E-state index contributed by atoms with van der Waals surface area (Å²) in [7, 11) is 0. The number of nitrogens with zero attached hydrogens (tertiary/aromatic N) is 4. The number of aromatic nitrogens is 3. The van der Waals surface area contributed by atoms with Gasteiger partial charge in [-0.1, -0.05) is 41.6 Å². The largest absolute Gasteiger partial charge is 0.467 e. The minimum absolute atomic E-state index is 0.148. The topological polar surface area (TPSA) is 85.4 Å². The Hall–Kier alpha value is -3.72. The number of para-hydroxylation sites is 2. The molecular formula is C26H27N5O3S. The molecule has 9 heteroatoms. The highest BCUT2D eigenvalue weighted by Gasteiger charge is 2.22. The first-order valence-electron chi connectivity index (χ1n) is 11.6. The number of amides is 1. The summed E-state index contributed by atoms with van der Waals surface area (Å²) in [5.41, 5.74) is 1.78. The predicted molar refractivity (Wildman–Crippen MR) is 136 cm³/mol. The third-order valence-electron chi connectivity index (χ3n) is 5.72. The van der Waals surface area contributed by atoms with E-state index in [-0.39, 0.29) is 11.7 Å². The highest BCUT2D eigenvalue weighted by Crippen LogP contribution is 2.30. The second kappa shape index (κ2) is 10.7. The fourth-order valence-corrected chi connectivity index (χ4v) is 4.68. The zero-order chi connectivity index (χ0) is 24.0. The molecule has 0 spiro atoms. The average molecular weight is 490 g/mol. The summed E-state index contributed by atoms with van der Waals surface area (Å²) in [5.74, 6) is 2.98. The van der Waals surface area contributed by atoms with Gasteiger partial charge in [-0.15, -0.1) is 10.2 Å². The van der Waals surface area contributed by atoms with E-state index < -0.39 is 0 Å². The highest BCUT2D eigenvalue weighted by atomic mass is 32.2. The lowest BCUT2D eigenvalue weighted by molar-refractivity contribution is -0.113. The molecule has 1 N–H and O–H groups in total. The molecule has 0 atom stereocenters. The van der Waals surface area contributed by atoms with Crippen LogP contribution >= 0.6 is 11.8 Å². The first-order valence-corrected chi connectivity index (χ1v) is 12.6. The standard InChI is InChI=1S/C26H27N5O3S/c1-19-10-12-20(13-11-19)34-23-9-3-2-8-22(23)27-24(32)18-35-26-29-28-25(30-14-4-5-15-30)31(26)17-21-7-6-16-33-21/h2-3,6-13,16H,4-5,14-15,17-18H2,1H3,(H,27,32). The monoisotopic (exact) mass is 489 g/mol. The molecule has 1 aliphatic heterocycles. The quantitative estimate of drug-likeness (QED) is 0.317. The minimum Gasteiger partial charge on any atom is -0.467 e. The first-order chi connectivity index (χ1) is 17.2. The Morgan fingerprint density at radius 1 is 1.06 bits per heavy atom. The van der Waals surface area contributed by atoms with Gasteiger partial charge in [0.1, 0.15) is 11.5 Å². The molecule has 1 amide bonds. The first kappa shape index (κ1) is 23.0.